The predicted molar refractivity (Wildman–Crippen MR) is 79.7 cm³/mol. The predicted octanol–water partition coefficient (Wildman–Crippen LogP) is 3.43. The highest BCUT2D eigenvalue weighted by Crippen LogP contribution is 2.15. The first-order valence-corrected chi connectivity index (χ1v) is 6.56. The molecule has 0 heterocycles. The molecule has 0 fully saturated rings. The second-order valence-corrected chi connectivity index (χ2v) is 4.41. The van der Waals surface area contributed by atoms with Gasteiger partial charge < -0.3 is 10.6 Å². The van der Waals surface area contributed by atoms with Gasteiger partial charge in [0.1, 0.15) is 5.82 Å². The Kier molecular flexibility index (Phi) is 4.66. The molecule has 2 aromatic rings. The van der Waals surface area contributed by atoms with Crippen molar-refractivity contribution in [2.75, 3.05) is 10.6 Å². The number of carbonyl (C=O) groups excluding carboxylic acids is 2. The molecular formula is C16H15FN2O2. The molecule has 0 radical (unpaired) electrons. The van der Waals surface area contributed by atoms with Crippen LogP contribution in [0, 0.1) is 5.82 Å². The minimum atomic E-state index is -0.488. The Morgan fingerprint density at radius 2 is 1.67 bits per heavy atom. The van der Waals surface area contributed by atoms with Crippen molar-refractivity contribution in [3.63, 3.8) is 0 Å². The van der Waals surface area contributed by atoms with Gasteiger partial charge in [0.2, 0.25) is 5.91 Å². The summed E-state index contributed by atoms with van der Waals surface area (Å²) >= 11 is 0. The third-order valence-corrected chi connectivity index (χ3v) is 2.87. The highest BCUT2D eigenvalue weighted by Gasteiger charge is 2.09. The summed E-state index contributed by atoms with van der Waals surface area (Å²) in [5.74, 6) is -0.996. The lowest BCUT2D eigenvalue weighted by molar-refractivity contribution is -0.115. The minimum absolute atomic E-state index is 0.0986. The molecule has 5 heteroatoms. The number of amides is 2. The van der Waals surface area contributed by atoms with Crippen LogP contribution >= 0.6 is 0 Å². The molecule has 0 spiro atoms. The molecular weight excluding hydrogens is 271 g/mol. The van der Waals surface area contributed by atoms with Crippen molar-refractivity contribution >= 4 is 23.2 Å². The van der Waals surface area contributed by atoms with E-state index in [0.29, 0.717) is 17.7 Å². The van der Waals surface area contributed by atoms with Gasteiger partial charge in [-0.05, 0) is 36.4 Å². The van der Waals surface area contributed by atoms with E-state index >= 15 is 0 Å². The number of halogens is 1. The molecule has 2 amide bonds. The third kappa shape index (κ3) is 3.89. The van der Waals surface area contributed by atoms with Gasteiger partial charge in [0.25, 0.3) is 5.91 Å². The fourth-order valence-corrected chi connectivity index (χ4v) is 1.71. The molecule has 21 heavy (non-hydrogen) atoms. The molecule has 2 aromatic carbocycles. The maximum Gasteiger partial charge on any atom is 0.255 e. The van der Waals surface area contributed by atoms with Crippen LogP contribution in [0.5, 0.6) is 0 Å². The maximum absolute atomic E-state index is 13.5. The number of carbonyl (C=O) groups is 2. The van der Waals surface area contributed by atoms with E-state index in [1.165, 1.54) is 12.1 Å². The van der Waals surface area contributed by atoms with Gasteiger partial charge in [0.05, 0.1) is 5.69 Å². The second-order valence-electron chi connectivity index (χ2n) is 4.41. The summed E-state index contributed by atoms with van der Waals surface area (Å²) in [6, 6.07) is 12.4. The largest absolute Gasteiger partial charge is 0.326 e. The summed E-state index contributed by atoms with van der Waals surface area (Å²) in [5.41, 5.74) is 1.13. The van der Waals surface area contributed by atoms with Gasteiger partial charge in [-0.15, -0.1) is 0 Å². The highest BCUT2D eigenvalue weighted by atomic mass is 19.1. The van der Waals surface area contributed by atoms with Crippen molar-refractivity contribution in [2.24, 2.45) is 0 Å². The van der Waals surface area contributed by atoms with Crippen LogP contribution in [-0.4, -0.2) is 11.8 Å². The first kappa shape index (κ1) is 14.7. The van der Waals surface area contributed by atoms with E-state index in [9.17, 15) is 14.0 Å². The summed E-state index contributed by atoms with van der Waals surface area (Å²) in [6.07, 6.45) is 0.384. The number of rotatable bonds is 4. The molecule has 2 N–H and O–H groups in total. The molecule has 0 bridgehead atoms. The molecule has 0 unspecified atom stereocenters. The number of anilines is 2. The van der Waals surface area contributed by atoms with Crippen molar-refractivity contribution in [1.82, 2.24) is 0 Å². The summed E-state index contributed by atoms with van der Waals surface area (Å²) in [6.45, 7) is 1.76. The lowest BCUT2D eigenvalue weighted by atomic mass is 10.2. The van der Waals surface area contributed by atoms with E-state index in [1.54, 1.807) is 43.3 Å². The average Bonchev–Trinajstić information content (AvgIpc) is 2.50. The summed E-state index contributed by atoms with van der Waals surface area (Å²) < 4.78 is 13.5. The molecule has 108 valence electrons. The molecule has 0 aliphatic heterocycles. The Hall–Kier alpha value is -2.69. The van der Waals surface area contributed by atoms with E-state index in [0.717, 1.165) is 0 Å². The molecule has 0 saturated carbocycles. The topological polar surface area (TPSA) is 58.2 Å². The quantitative estimate of drug-likeness (QED) is 0.904. The van der Waals surface area contributed by atoms with Crippen LogP contribution in [0.2, 0.25) is 0 Å². The fraction of sp³-hybridized carbons (Fsp3) is 0.125. The molecule has 0 saturated heterocycles. The van der Waals surface area contributed by atoms with Crippen LogP contribution in [0.4, 0.5) is 15.8 Å². The van der Waals surface area contributed by atoms with Crippen molar-refractivity contribution in [1.29, 1.82) is 0 Å². The molecule has 0 aromatic heterocycles. The first-order valence-electron chi connectivity index (χ1n) is 6.56. The minimum Gasteiger partial charge on any atom is -0.326 e. The normalized spacial score (nSPS) is 10.0. The number of para-hydroxylation sites is 1. The van der Waals surface area contributed by atoms with E-state index < -0.39 is 11.7 Å². The smallest absolute Gasteiger partial charge is 0.255 e. The Labute approximate surface area is 122 Å². The summed E-state index contributed by atoms with van der Waals surface area (Å²) in [5, 5.41) is 5.18. The van der Waals surface area contributed by atoms with Crippen molar-refractivity contribution in [2.45, 2.75) is 13.3 Å². The lowest BCUT2D eigenvalue weighted by Crippen LogP contribution is -2.13. The van der Waals surface area contributed by atoms with Crippen molar-refractivity contribution in [3.05, 3.63) is 59.9 Å². The fourth-order valence-electron chi connectivity index (χ4n) is 1.71. The van der Waals surface area contributed by atoms with Gasteiger partial charge in [-0.25, -0.2) is 4.39 Å². The number of hydrogen-bond donors (Lipinski definition) is 2. The average molecular weight is 286 g/mol. The van der Waals surface area contributed by atoms with Gasteiger partial charge >= 0.3 is 0 Å². The van der Waals surface area contributed by atoms with Crippen LogP contribution in [-0.2, 0) is 4.79 Å². The summed E-state index contributed by atoms with van der Waals surface area (Å²) in [4.78, 5) is 23.2. The Balaban J connectivity index is 2.06. The van der Waals surface area contributed by atoms with E-state index in [-0.39, 0.29) is 11.6 Å². The molecule has 2 rings (SSSR count). The van der Waals surface area contributed by atoms with E-state index in [4.69, 9.17) is 0 Å². The van der Waals surface area contributed by atoms with E-state index in [2.05, 4.69) is 10.6 Å². The van der Waals surface area contributed by atoms with Gasteiger partial charge in [-0.3, -0.25) is 9.59 Å². The monoisotopic (exact) mass is 286 g/mol. The second kappa shape index (κ2) is 6.65. The lowest BCUT2D eigenvalue weighted by Gasteiger charge is -2.07. The van der Waals surface area contributed by atoms with Crippen LogP contribution in [0.3, 0.4) is 0 Å². The highest BCUT2D eigenvalue weighted by molar-refractivity contribution is 6.04. The van der Waals surface area contributed by atoms with Gasteiger partial charge in [-0.2, -0.15) is 0 Å². The van der Waals surface area contributed by atoms with E-state index in [1.807, 2.05) is 0 Å². The van der Waals surface area contributed by atoms with Crippen LogP contribution in [0.1, 0.15) is 23.7 Å². The van der Waals surface area contributed by atoms with Gasteiger partial charge in [0, 0.05) is 17.7 Å². The molecule has 0 atom stereocenters. The zero-order chi connectivity index (χ0) is 15.2. The number of benzene rings is 2. The van der Waals surface area contributed by atoms with Gasteiger partial charge in [-0.1, -0.05) is 19.1 Å². The Bertz CT molecular complexity index is 654. The van der Waals surface area contributed by atoms with Crippen LogP contribution < -0.4 is 10.6 Å². The van der Waals surface area contributed by atoms with Crippen LogP contribution in [0.25, 0.3) is 0 Å². The third-order valence-electron chi connectivity index (χ3n) is 2.87. The Morgan fingerprint density at radius 1 is 1.00 bits per heavy atom. The van der Waals surface area contributed by atoms with Crippen molar-refractivity contribution in [3.8, 4) is 0 Å². The SMILES string of the molecule is CCC(=O)Nc1ccc(C(=O)Nc2ccccc2F)cc1. The molecule has 0 aliphatic rings. The Morgan fingerprint density at radius 3 is 2.29 bits per heavy atom. The van der Waals surface area contributed by atoms with Crippen LogP contribution in [0.15, 0.2) is 48.5 Å². The van der Waals surface area contributed by atoms with Crippen molar-refractivity contribution < 1.29 is 14.0 Å². The zero-order valence-corrected chi connectivity index (χ0v) is 11.5. The first-order chi connectivity index (χ1) is 10.1. The summed E-state index contributed by atoms with van der Waals surface area (Å²) in [7, 11) is 0. The molecule has 0 aliphatic carbocycles. The number of hydrogen-bond acceptors (Lipinski definition) is 2. The standard InChI is InChI=1S/C16H15FN2O2/c1-2-15(20)18-12-9-7-11(8-10-12)16(21)19-14-6-4-3-5-13(14)17/h3-10H,2H2,1H3,(H,18,20)(H,19,21). The maximum atomic E-state index is 13.5. The van der Waals surface area contributed by atoms with Gasteiger partial charge in [0.15, 0.2) is 0 Å². The molecule has 4 nitrogen and oxygen atoms in total. The zero-order valence-electron chi connectivity index (χ0n) is 11.5. The number of nitrogens with one attached hydrogen (secondary N) is 2.